The predicted molar refractivity (Wildman–Crippen MR) is 62.9 cm³/mol. The number of pyridine rings is 1. The lowest BCUT2D eigenvalue weighted by atomic mass is 10.1. The maximum Gasteiger partial charge on any atom is 0.0410 e. The zero-order chi connectivity index (χ0) is 10.7. The van der Waals surface area contributed by atoms with Crippen LogP contribution in [0, 0.1) is 0 Å². The molecule has 1 aromatic heterocycles. The van der Waals surface area contributed by atoms with Crippen molar-refractivity contribution < 1.29 is 0 Å². The highest BCUT2D eigenvalue weighted by Crippen LogP contribution is 2.20. The first kappa shape index (κ1) is 9.99. The Labute approximate surface area is 93.7 Å². The van der Waals surface area contributed by atoms with E-state index in [0.717, 1.165) is 23.2 Å². The van der Waals surface area contributed by atoms with E-state index < -0.39 is 0 Å². The molecular formula is C12H11ClN2. The summed E-state index contributed by atoms with van der Waals surface area (Å²) in [5, 5.41) is 0.711. The van der Waals surface area contributed by atoms with E-state index >= 15 is 0 Å². The number of rotatable bonds is 2. The zero-order valence-corrected chi connectivity index (χ0v) is 8.91. The third kappa shape index (κ3) is 2.48. The Morgan fingerprint density at radius 2 is 2.13 bits per heavy atom. The molecule has 1 heterocycles. The number of anilines is 1. The third-order valence-corrected chi connectivity index (χ3v) is 2.46. The van der Waals surface area contributed by atoms with E-state index in [-0.39, 0.29) is 0 Å². The Bertz CT molecular complexity index is 454. The average Bonchev–Trinajstić information content (AvgIpc) is 2.25. The van der Waals surface area contributed by atoms with E-state index in [1.54, 1.807) is 12.3 Å². The minimum Gasteiger partial charge on any atom is -0.398 e. The molecule has 1 aromatic carbocycles. The molecule has 0 atom stereocenters. The molecule has 0 bridgehead atoms. The van der Waals surface area contributed by atoms with Crippen molar-refractivity contribution in [1.82, 2.24) is 4.98 Å². The number of nitrogens with two attached hydrogens (primary N) is 1. The average molecular weight is 219 g/mol. The topological polar surface area (TPSA) is 38.9 Å². The SMILES string of the molecule is Nc1ccc(Cl)cc1Cc1cccnc1. The highest BCUT2D eigenvalue weighted by molar-refractivity contribution is 6.30. The quantitative estimate of drug-likeness (QED) is 0.788. The van der Waals surface area contributed by atoms with Crippen molar-refractivity contribution in [2.24, 2.45) is 0 Å². The third-order valence-electron chi connectivity index (χ3n) is 2.22. The standard InChI is InChI=1S/C12H11ClN2/c13-11-3-4-12(14)10(7-11)6-9-2-1-5-15-8-9/h1-5,7-8H,6,14H2. The van der Waals surface area contributed by atoms with Gasteiger partial charge in [-0.1, -0.05) is 17.7 Å². The van der Waals surface area contributed by atoms with E-state index in [1.165, 1.54) is 0 Å². The van der Waals surface area contributed by atoms with Crippen molar-refractivity contribution in [3.63, 3.8) is 0 Å². The van der Waals surface area contributed by atoms with Gasteiger partial charge >= 0.3 is 0 Å². The summed E-state index contributed by atoms with van der Waals surface area (Å²) >= 11 is 5.91. The Kier molecular flexibility index (Phi) is 2.88. The van der Waals surface area contributed by atoms with Gasteiger partial charge in [-0.25, -0.2) is 0 Å². The van der Waals surface area contributed by atoms with Gasteiger partial charge in [0.05, 0.1) is 0 Å². The predicted octanol–water partition coefficient (Wildman–Crippen LogP) is 2.91. The molecule has 0 saturated heterocycles. The Morgan fingerprint density at radius 1 is 1.27 bits per heavy atom. The zero-order valence-electron chi connectivity index (χ0n) is 8.15. The van der Waals surface area contributed by atoms with Crippen LogP contribution in [0.25, 0.3) is 0 Å². The van der Waals surface area contributed by atoms with Crippen LogP contribution in [-0.2, 0) is 6.42 Å². The Hall–Kier alpha value is -1.54. The Balaban J connectivity index is 2.28. The van der Waals surface area contributed by atoms with Crippen LogP contribution >= 0.6 is 11.6 Å². The number of hydrogen-bond donors (Lipinski definition) is 1. The lowest BCUT2D eigenvalue weighted by molar-refractivity contribution is 1.15. The monoisotopic (exact) mass is 218 g/mol. The van der Waals surface area contributed by atoms with Gasteiger partial charge < -0.3 is 5.73 Å². The molecule has 0 spiro atoms. The molecule has 0 unspecified atom stereocenters. The van der Waals surface area contributed by atoms with E-state index in [9.17, 15) is 0 Å². The van der Waals surface area contributed by atoms with Gasteiger partial charge in [0, 0.05) is 29.5 Å². The van der Waals surface area contributed by atoms with Crippen LogP contribution in [0.3, 0.4) is 0 Å². The van der Waals surface area contributed by atoms with Gasteiger partial charge in [-0.15, -0.1) is 0 Å². The van der Waals surface area contributed by atoms with Crippen LogP contribution in [0.2, 0.25) is 5.02 Å². The summed E-state index contributed by atoms with van der Waals surface area (Å²) in [6.07, 6.45) is 4.35. The lowest BCUT2D eigenvalue weighted by Crippen LogP contribution is -1.95. The summed E-state index contributed by atoms with van der Waals surface area (Å²) in [5.41, 5.74) is 8.79. The highest BCUT2D eigenvalue weighted by atomic mass is 35.5. The molecule has 2 nitrogen and oxygen atoms in total. The highest BCUT2D eigenvalue weighted by Gasteiger charge is 2.01. The van der Waals surface area contributed by atoms with Crippen LogP contribution in [0.5, 0.6) is 0 Å². The molecule has 0 radical (unpaired) electrons. The number of nitrogens with zero attached hydrogens (tertiary/aromatic N) is 1. The van der Waals surface area contributed by atoms with Gasteiger partial charge in [0.1, 0.15) is 0 Å². The summed E-state index contributed by atoms with van der Waals surface area (Å²) < 4.78 is 0. The molecule has 0 fully saturated rings. The second-order valence-corrected chi connectivity index (χ2v) is 3.82. The lowest BCUT2D eigenvalue weighted by Gasteiger charge is -2.05. The summed E-state index contributed by atoms with van der Waals surface area (Å²) in [7, 11) is 0. The number of hydrogen-bond acceptors (Lipinski definition) is 2. The van der Waals surface area contributed by atoms with E-state index in [4.69, 9.17) is 17.3 Å². The van der Waals surface area contributed by atoms with Gasteiger partial charge in [0.15, 0.2) is 0 Å². The number of aromatic nitrogens is 1. The minimum absolute atomic E-state index is 0.711. The molecular weight excluding hydrogens is 208 g/mol. The van der Waals surface area contributed by atoms with Crippen molar-refractivity contribution >= 4 is 17.3 Å². The second kappa shape index (κ2) is 4.32. The fraction of sp³-hybridized carbons (Fsp3) is 0.0833. The minimum atomic E-state index is 0.711. The smallest absolute Gasteiger partial charge is 0.0410 e. The van der Waals surface area contributed by atoms with Crippen LogP contribution < -0.4 is 5.73 Å². The van der Waals surface area contributed by atoms with Gasteiger partial charge in [-0.2, -0.15) is 0 Å². The Morgan fingerprint density at radius 3 is 2.87 bits per heavy atom. The summed E-state index contributed by atoms with van der Waals surface area (Å²) in [6, 6.07) is 9.45. The summed E-state index contributed by atoms with van der Waals surface area (Å²) in [6.45, 7) is 0. The molecule has 0 aliphatic rings. The normalized spacial score (nSPS) is 10.2. The van der Waals surface area contributed by atoms with Crippen LogP contribution in [-0.4, -0.2) is 4.98 Å². The van der Waals surface area contributed by atoms with Crippen LogP contribution in [0.15, 0.2) is 42.7 Å². The van der Waals surface area contributed by atoms with Crippen molar-refractivity contribution in [3.8, 4) is 0 Å². The van der Waals surface area contributed by atoms with Crippen LogP contribution in [0.1, 0.15) is 11.1 Å². The fourth-order valence-electron chi connectivity index (χ4n) is 1.45. The van der Waals surface area contributed by atoms with Crippen molar-refractivity contribution in [3.05, 3.63) is 58.9 Å². The first-order valence-electron chi connectivity index (χ1n) is 4.68. The maximum absolute atomic E-state index is 5.91. The summed E-state index contributed by atoms with van der Waals surface area (Å²) in [4.78, 5) is 4.06. The number of nitrogen functional groups attached to an aromatic ring is 1. The largest absolute Gasteiger partial charge is 0.398 e. The molecule has 15 heavy (non-hydrogen) atoms. The molecule has 0 amide bonds. The number of halogens is 1. The molecule has 2 N–H and O–H groups in total. The summed E-state index contributed by atoms with van der Waals surface area (Å²) in [5.74, 6) is 0. The molecule has 2 rings (SSSR count). The van der Waals surface area contributed by atoms with Crippen molar-refractivity contribution in [1.29, 1.82) is 0 Å². The number of benzene rings is 1. The van der Waals surface area contributed by atoms with Gasteiger partial charge in [0.25, 0.3) is 0 Å². The van der Waals surface area contributed by atoms with E-state index in [0.29, 0.717) is 5.02 Å². The van der Waals surface area contributed by atoms with E-state index in [1.807, 2.05) is 30.5 Å². The van der Waals surface area contributed by atoms with E-state index in [2.05, 4.69) is 4.98 Å². The second-order valence-electron chi connectivity index (χ2n) is 3.38. The first-order chi connectivity index (χ1) is 7.25. The fourth-order valence-corrected chi connectivity index (χ4v) is 1.64. The van der Waals surface area contributed by atoms with Gasteiger partial charge in [-0.3, -0.25) is 4.98 Å². The van der Waals surface area contributed by atoms with Crippen molar-refractivity contribution in [2.75, 3.05) is 5.73 Å². The molecule has 3 heteroatoms. The molecule has 0 aliphatic heterocycles. The molecule has 0 saturated carbocycles. The van der Waals surface area contributed by atoms with Gasteiger partial charge in [-0.05, 0) is 35.4 Å². The molecule has 76 valence electrons. The maximum atomic E-state index is 5.91. The molecule has 0 aliphatic carbocycles. The van der Waals surface area contributed by atoms with Crippen LogP contribution in [0.4, 0.5) is 5.69 Å². The van der Waals surface area contributed by atoms with Gasteiger partial charge in [0.2, 0.25) is 0 Å². The first-order valence-corrected chi connectivity index (χ1v) is 5.06. The van der Waals surface area contributed by atoms with Crippen molar-refractivity contribution in [2.45, 2.75) is 6.42 Å². The molecule has 2 aromatic rings.